The molecule has 104 valence electrons. The number of hydrogen-bond donors (Lipinski definition) is 1. The molecule has 0 aliphatic rings. The van der Waals surface area contributed by atoms with Gasteiger partial charge in [-0.25, -0.2) is 4.98 Å². The van der Waals surface area contributed by atoms with E-state index < -0.39 is 5.41 Å². The van der Waals surface area contributed by atoms with E-state index in [1.807, 2.05) is 39.1 Å². The van der Waals surface area contributed by atoms with E-state index >= 15 is 0 Å². The van der Waals surface area contributed by atoms with Crippen LogP contribution in [-0.2, 0) is 5.41 Å². The van der Waals surface area contributed by atoms with E-state index in [0.717, 1.165) is 33.3 Å². The Morgan fingerprint density at radius 1 is 1.24 bits per heavy atom. The van der Waals surface area contributed by atoms with Crippen LogP contribution < -0.4 is 0 Å². The summed E-state index contributed by atoms with van der Waals surface area (Å²) in [6.45, 7) is 5.90. The molecule has 2 heterocycles. The highest BCUT2D eigenvalue weighted by Crippen LogP contribution is 2.32. The van der Waals surface area contributed by atoms with Gasteiger partial charge >= 0.3 is 0 Å². The first-order valence-corrected chi connectivity index (χ1v) is 6.84. The van der Waals surface area contributed by atoms with Crippen molar-refractivity contribution in [2.45, 2.75) is 26.2 Å². The van der Waals surface area contributed by atoms with Crippen LogP contribution >= 0.6 is 0 Å². The number of hydrogen-bond acceptors (Lipinski definition) is 3. The number of aromatic nitrogens is 3. The number of rotatable bonds is 2. The summed E-state index contributed by atoms with van der Waals surface area (Å²) < 4.78 is 0. The quantitative estimate of drug-likeness (QED) is 0.775. The molecule has 4 nitrogen and oxygen atoms in total. The van der Waals surface area contributed by atoms with Crippen LogP contribution in [0.4, 0.5) is 0 Å². The van der Waals surface area contributed by atoms with Crippen LogP contribution in [0.3, 0.4) is 0 Å². The number of H-pyrrole nitrogens is 1. The van der Waals surface area contributed by atoms with Gasteiger partial charge in [-0.15, -0.1) is 0 Å². The molecule has 3 aromatic rings. The zero-order valence-electron chi connectivity index (χ0n) is 12.3. The van der Waals surface area contributed by atoms with Gasteiger partial charge in [-0.1, -0.05) is 18.2 Å². The van der Waals surface area contributed by atoms with Gasteiger partial charge < -0.3 is 0 Å². The number of nitrogens with one attached hydrogen (secondary N) is 1. The summed E-state index contributed by atoms with van der Waals surface area (Å²) in [4.78, 5) is 4.34. The molecule has 0 bridgehead atoms. The lowest BCUT2D eigenvalue weighted by Gasteiger charge is -2.17. The zero-order chi connectivity index (χ0) is 15.0. The lowest BCUT2D eigenvalue weighted by molar-refractivity contribution is 0.687. The lowest BCUT2D eigenvalue weighted by Crippen LogP contribution is -2.13. The number of benzene rings is 1. The number of pyridine rings is 1. The Hall–Kier alpha value is -2.67. The third kappa shape index (κ3) is 2.17. The van der Waals surface area contributed by atoms with Gasteiger partial charge in [0, 0.05) is 11.6 Å². The first kappa shape index (κ1) is 13.3. The Bertz CT molecular complexity index is 853. The third-order valence-electron chi connectivity index (χ3n) is 3.82. The van der Waals surface area contributed by atoms with Crippen molar-refractivity contribution in [3.05, 3.63) is 47.8 Å². The molecule has 0 unspecified atom stereocenters. The number of aryl methyl sites for hydroxylation is 1. The van der Waals surface area contributed by atoms with Crippen molar-refractivity contribution in [2.24, 2.45) is 0 Å². The molecule has 3 rings (SSSR count). The molecule has 21 heavy (non-hydrogen) atoms. The molecule has 0 aliphatic carbocycles. The average molecular weight is 276 g/mol. The van der Waals surface area contributed by atoms with Crippen molar-refractivity contribution in [3.63, 3.8) is 0 Å². The van der Waals surface area contributed by atoms with Crippen molar-refractivity contribution in [1.82, 2.24) is 15.2 Å². The molecule has 0 saturated carbocycles. The van der Waals surface area contributed by atoms with Gasteiger partial charge in [-0.3, -0.25) is 5.10 Å². The molecule has 0 saturated heterocycles. The van der Waals surface area contributed by atoms with E-state index in [9.17, 15) is 5.26 Å². The van der Waals surface area contributed by atoms with E-state index in [2.05, 4.69) is 33.4 Å². The highest BCUT2D eigenvalue weighted by molar-refractivity contribution is 5.94. The van der Waals surface area contributed by atoms with Crippen LogP contribution in [0.1, 0.15) is 25.0 Å². The van der Waals surface area contributed by atoms with Crippen molar-refractivity contribution in [2.75, 3.05) is 0 Å². The Balaban J connectivity index is 2.25. The lowest BCUT2D eigenvalue weighted by atomic mass is 9.84. The van der Waals surface area contributed by atoms with E-state index in [1.165, 1.54) is 0 Å². The fourth-order valence-electron chi connectivity index (χ4n) is 2.51. The Morgan fingerprint density at radius 3 is 2.81 bits per heavy atom. The second-order valence-corrected chi connectivity index (χ2v) is 5.77. The Morgan fingerprint density at radius 2 is 2.05 bits per heavy atom. The van der Waals surface area contributed by atoms with Crippen LogP contribution in [0.25, 0.3) is 22.2 Å². The summed E-state index contributed by atoms with van der Waals surface area (Å²) in [5, 5.41) is 17.3. The molecule has 1 N–H and O–H groups in total. The predicted octanol–water partition coefficient (Wildman–Crippen LogP) is 3.73. The number of fused-ring (bicyclic) bond motifs is 1. The summed E-state index contributed by atoms with van der Waals surface area (Å²) in [7, 11) is 0. The molecule has 0 atom stereocenters. The number of nitrogens with zero attached hydrogens (tertiary/aromatic N) is 3. The maximum absolute atomic E-state index is 9.33. The molecule has 1 aromatic carbocycles. The monoisotopic (exact) mass is 276 g/mol. The average Bonchev–Trinajstić information content (AvgIpc) is 2.95. The molecular formula is C17H16N4. The predicted molar refractivity (Wildman–Crippen MR) is 82.7 cm³/mol. The second kappa shape index (κ2) is 4.71. The van der Waals surface area contributed by atoms with Crippen LogP contribution in [0, 0.1) is 18.3 Å². The fraction of sp³-hybridized carbons (Fsp3) is 0.235. The largest absolute Gasteiger partial charge is 0.261 e. The summed E-state index contributed by atoms with van der Waals surface area (Å²) in [5.41, 5.74) is 4.57. The number of nitriles is 1. The molecule has 0 spiro atoms. The maximum Gasteiger partial charge on any atom is 0.155 e. The van der Waals surface area contributed by atoms with Crippen molar-refractivity contribution >= 4 is 11.0 Å². The SMILES string of the molecule is Cc1cnc2[nH]ncc2c1-c1cccc(C(C)(C)C#N)c1. The number of aromatic amines is 1. The van der Waals surface area contributed by atoms with Crippen LogP contribution in [0.5, 0.6) is 0 Å². The van der Waals surface area contributed by atoms with Crippen LogP contribution in [0.15, 0.2) is 36.7 Å². The molecule has 2 aromatic heterocycles. The molecule has 0 amide bonds. The van der Waals surface area contributed by atoms with E-state index in [1.54, 1.807) is 6.20 Å². The molecule has 4 heteroatoms. The van der Waals surface area contributed by atoms with Gasteiger partial charge in [-0.05, 0) is 49.1 Å². The van der Waals surface area contributed by atoms with E-state index in [-0.39, 0.29) is 0 Å². The summed E-state index contributed by atoms with van der Waals surface area (Å²) in [6, 6.07) is 10.5. The highest BCUT2D eigenvalue weighted by Gasteiger charge is 2.20. The standard InChI is InChI=1S/C17H16N4/c1-11-8-19-16-14(9-20-21-16)15(11)12-5-4-6-13(7-12)17(2,3)10-18/h4-9H,1-3H3,(H,19,20,21). The topological polar surface area (TPSA) is 65.4 Å². The Labute approximate surface area is 123 Å². The maximum atomic E-state index is 9.33. The molecule has 0 aliphatic heterocycles. The molecule has 0 radical (unpaired) electrons. The summed E-state index contributed by atoms with van der Waals surface area (Å²) in [6.07, 6.45) is 3.64. The van der Waals surface area contributed by atoms with Gasteiger partial charge in [0.2, 0.25) is 0 Å². The molecule has 0 fully saturated rings. The third-order valence-corrected chi connectivity index (χ3v) is 3.82. The van der Waals surface area contributed by atoms with E-state index in [4.69, 9.17) is 0 Å². The summed E-state index contributed by atoms with van der Waals surface area (Å²) >= 11 is 0. The van der Waals surface area contributed by atoms with Gasteiger partial charge in [0.05, 0.1) is 17.7 Å². The first-order valence-electron chi connectivity index (χ1n) is 6.84. The van der Waals surface area contributed by atoms with Crippen LogP contribution in [0.2, 0.25) is 0 Å². The van der Waals surface area contributed by atoms with Crippen molar-refractivity contribution in [3.8, 4) is 17.2 Å². The molecular weight excluding hydrogens is 260 g/mol. The minimum atomic E-state index is -0.507. The second-order valence-electron chi connectivity index (χ2n) is 5.77. The first-order chi connectivity index (χ1) is 10.0. The van der Waals surface area contributed by atoms with Gasteiger partial charge in [0.25, 0.3) is 0 Å². The van der Waals surface area contributed by atoms with Gasteiger partial charge in [0.1, 0.15) is 0 Å². The van der Waals surface area contributed by atoms with Crippen molar-refractivity contribution in [1.29, 1.82) is 5.26 Å². The fourth-order valence-corrected chi connectivity index (χ4v) is 2.51. The van der Waals surface area contributed by atoms with E-state index in [0.29, 0.717) is 0 Å². The highest BCUT2D eigenvalue weighted by atomic mass is 15.1. The smallest absolute Gasteiger partial charge is 0.155 e. The van der Waals surface area contributed by atoms with Gasteiger partial charge in [-0.2, -0.15) is 10.4 Å². The van der Waals surface area contributed by atoms with Crippen molar-refractivity contribution < 1.29 is 0 Å². The van der Waals surface area contributed by atoms with Gasteiger partial charge in [0.15, 0.2) is 5.65 Å². The Kier molecular flexibility index (Phi) is 2.99. The minimum Gasteiger partial charge on any atom is -0.261 e. The summed E-state index contributed by atoms with van der Waals surface area (Å²) in [5.74, 6) is 0. The normalized spacial score (nSPS) is 11.5. The zero-order valence-corrected chi connectivity index (χ0v) is 12.3. The van der Waals surface area contributed by atoms with Crippen LogP contribution in [-0.4, -0.2) is 15.2 Å². The minimum absolute atomic E-state index is 0.507.